The van der Waals surface area contributed by atoms with E-state index >= 15 is 0 Å². The van der Waals surface area contributed by atoms with Crippen LogP contribution >= 0.6 is 0 Å². The maximum Gasteiger partial charge on any atom is 0.259 e. The lowest BCUT2D eigenvalue weighted by molar-refractivity contribution is 0.102. The predicted molar refractivity (Wildman–Crippen MR) is 82.8 cm³/mol. The minimum Gasteiger partial charge on any atom is -0.336 e. The summed E-state index contributed by atoms with van der Waals surface area (Å²) in [5.41, 5.74) is 1.83. The van der Waals surface area contributed by atoms with Crippen LogP contribution in [-0.4, -0.2) is 16.0 Å². The van der Waals surface area contributed by atoms with E-state index in [4.69, 9.17) is 4.52 Å². The van der Waals surface area contributed by atoms with Crippen LogP contribution in [0, 0.1) is 18.6 Å². The summed E-state index contributed by atoms with van der Waals surface area (Å²) < 4.78 is 32.0. The number of nitrogens with one attached hydrogen (secondary N) is 1. The number of rotatable bonds is 3. The lowest BCUT2D eigenvalue weighted by Gasteiger charge is -2.08. The number of fused-ring (bicyclic) bond motifs is 1. The minimum atomic E-state index is -0.835. The Kier molecular flexibility index (Phi) is 3.30. The summed E-state index contributed by atoms with van der Waals surface area (Å²) in [6.45, 7) is 1.71. The molecular formula is C17H13F2N3O2. The number of nitrogens with zero attached hydrogens (tertiary/aromatic N) is 2. The van der Waals surface area contributed by atoms with Crippen molar-refractivity contribution in [3.63, 3.8) is 0 Å². The average Bonchev–Trinajstić information content (AvgIpc) is 3.33. The van der Waals surface area contributed by atoms with Crippen LogP contribution in [0.5, 0.6) is 0 Å². The first-order valence-corrected chi connectivity index (χ1v) is 7.56. The van der Waals surface area contributed by atoms with Gasteiger partial charge >= 0.3 is 0 Å². The number of hydrogen-bond donors (Lipinski definition) is 1. The van der Waals surface area contributed by atoms with Crippen molar-refractivity contribution in [3.05, 3.63) is 52.9 Å². The molecule has 1 amide bonds. The van der Waals surface area contributed by atoms with Crippen LogP contribution in [0.2, 0.25) is 0 Å². The van der Waals surface area contributed by atoms with E-state index in [1.807, 2.05) is 0 Å². The quantitative estimate of drug-likeness (QED) is 0.790. The normalized spacial score (nSPS) is 14.1. The number of halogens is 2. The van der Waals surface area contributed by atoms with Gasteiger partial charge in [0.2, 0.25) is 0 Å². The highest BCUT2D eigenvalue weighted by atomic mass is 19.1. The second kappa shape index (κ2) is 5.36. The van der Waals surface area contributed by atoms with E-state index in [0.29, 0.717) is 28.3 Å². The number of benzene rings is 1. The first-order chi connectivity index (χ1) is 11.5. The Balaban J connectivity index is 1.76. The van der Waals surface area contributed by atoms with E-state index in [9.17, 15) is 13.6 Å². The third-order valence-corrected chi connectivity index (χ3v) is 4.06. The fourth-order valence-corrected chi connectivity index (χ4v) is 2.66. The Bertz CT molecular complexity index is 964. The summed E-state index contributed by atoms with van der Waals surface area (Å²) >= 11 is 0. The van der Waals surface area contributed by atoms with Crippen LogP contribution in [-0.2, 0) is 0 Å². The van der Waals surface area contributed by atoms with Crippen LogP contribution in [0.15, 0.2) is 28.8 Å². The van der Waals surface area contributed by atoms with Crippen molar-refractivity contribution in [1.29, 1.82) is 0 Å². The fraction of sp³-hybridized carbons (Fsp3) is 0.235. The molecule has 5 nitrogen and oxygen atoms in total. The molecule has 0 atom stereocenters. The van der Waals surface area contributed by atoms with Gasteiger partial charge in [-0.1, -0.05) is 5.16 Å². The van der Waals surface area contributed by atoms with Crippen LogP contribution in [0.4, 0.5) is 14.5 Å². The largest absolute Gasteiger partial charge is 0.336 e. The maximum atomic E-state index is 13.8. The number of amides is 1. The number of pyridine rings is 1. The van der Waals surface area contributed by atoms with E-state index in [1.165, 1.54) is 6.07 Å². The molecule has 7 heteroatoms. The Hall–Kier alpha value is -2.83. The van der Waals surface area contributed by atoms with E-state index < -0.39 is 17.5 Å². The van der Waals surface area contributed by atoms with Gasteiger partial charge in [0.15, 0.2) is 0 Å². The standard InChI is InChI=1S/C17H13F2N3O2/c1-8-15-11(7-14(9-2-3-9)21-17(15)24-22-8)16(23)20-13-5-4-10(18)6-12(13)19/h4-7,9H,2-3H2,1H3,(H,20,23). The third-order valence-electron chi connectivity index (χ3n) is 4.06. The lowest BCUT2D eigenvalue weighted by Crippen LogP contribution is -2.14. The number of aryl methyl sites for hydroxylation is 1. The van der Waals surface area contributed by atoms with E-state index in [1.54, 1.807) is 13.0 Å². The topological polar surface area (TPSA) is 68.0 Å². The second-order valence-corrected chi connectivity index (χ2v) is 5.90. The van der Waals surface area contributed by atoms with Gasteiger partial charge in [-0.05, 0) is 38.0 Å². The molecule has 1 fully saturated rings. The maximum absolute atomic E-state index is 13.8. The SMILES string of the molecule is Cc1noc2nc(C3CC3)cc(C(=O)Nc3ccc(F)cc3F)c12. The average molecular weight is 329 g/mol. The van der Waals surface area contributed by atoms with Crippen molar-refractivity contribution in [1.82, 2.24) is 10.1 Å². The number of anilines is 1. The Labute approximate surface area is 135 Å². The monoisotopic (exact) mass is 329 g/mol. The summed E-state index contributed by atoms with van der Waals surface area (Å²) in [5.74, 6) is -1.74. The summed E-state index contributed by atoms with van der Waals surface area (Å²) in [6.07, 6.45) is 2.03. The highest BCUT2D eigenvalue weighted by Gasteiger charge is 2.28. The summed E-state index contributed by atoms with van der Waals surface area (Å²) in [7, 11) is 0. The number of hydrogen-bond acceptors (Lipinski definition) is 4. The minimum absolute atomic E-state index is 0.0894. The van der Waals surface area contributed by atoms with Gasteiger partial charge in [-0.2, -0.15) is 0 Å². The molecule has 1 N–H and O–H groups in total. The van der Waals surface area contributed by atoms with E-state index in [2.05, 4.69) is 15.5 Å². The van der Waals surface area contributed by atoms with Crippen LogP contribution < -0.4 is 5.32 Å². The molecule has 0 spiro atoms. The van der Waals surface area contributed by atoms with Crippen molar-refractivity contribution in [2.24, 2.45) is 0 Å². The molecule has 0 radical (unpaired) electrons. The zero-order chi connectivity index (χ0) is 16.8. The Morgan fingerprint density at radius 3 is 2.79 bits per heavy atom. The number of aromatic nitrogens is 2. The number of carbonyl (C=O) groups is 1. The van der Waals surface area contributed by atoms with Gasteiger partial charge in [0.25, 0.3) is 11.6 Å². The molecule has 1 aliphatic rings. The highest BCUT2D eigenvalue weighted by Crippen LogP contribution is 2.40. The molecule has 2 heterocycles. The van der Waals surface area contributed by atoms with Gasteiger partial charge in [0.05, 0.1) is 22.3 Å². The zero-order valence-corrected chi connectivity index (χ0v) is 12.8. The number of carbonyl (C=O) groups excluding carboxylic acids is 1. The summed E-state index contributed by atoms with van der Waals surface area (Å²) in [5, 5.41) is 6.83. The molecule has 0 unspecified atom stereocenters. The molecule has 0 aliphatic heterocycles. The first kappa shape index (κ1) is 14.7. The van der Waals surface area contributed by atoms with Gasteiger partial charge in [0.1, 0.15) is 11.6 Å². The molecule has 24 heavy (non-hydrogen) atoms. The van der Waals surface area contributed by atoms with E-state index in [0.717, 1.165) is 30.7 Å². The smallest absolute Gasteiger partial charge is 0.259 e. The molecule has 1 aliphatic carbocycles. The van der Waals surface area contributed by atoms with Gasteiger partial charge in [-0.3, -0.25) is 4.79 Å². The molecule has 0 bridgehead atoms. The van der Waals surface area contributed by atoms with Crippen LogP contribution in [0.1, 0.15) is 40.5 Å². The molecule has 122 valence electrons. The molecule has 4 rings (SSSR count). The Morgan fingerprint density at radius 2 is 2.08 bits per heavy atom. The van der Waals surface area contributed by atoms with Gasteiger partial charge in [0, 0.05) is 17.7 Å². The van der Waals surface area contributed by atoms with Gasteiger partial charge in [-0.25, -0.2) is 13.8 Å². The third kappa shape index (κ3) is 2.51. The van der Waals surface area contributed by atoms with Crippen molar-refractivity contribution < 1.29 is 18.1 Å². The van der Waals surface area contributed by atoms with Gasteiger partial charge < -0.3 is 9.84 Å². The molecule has 0 saturated heterocycles. The van der Waals surface area contributed by atoms with Crippen molar-refractivity contribution in [2.45, 2.75) is 25.7 Å². The van der Waals surface area contributed by atoms with Gasteiger partial charge in [-0.15, -0.1) is 0 Å². The molecule has 3 aromatic rings. The fourth-order valence-electron chi connectivity index (χ4n) is 2.66. The summed E-state index contributed by atoms with van der Waals surface area (Å²) in [4.78, 5) is 17.0. The van der Waals surface area contributed by atoms with Crippen LogP contribution in [0.3, 0.4) is 0 Å². The Morgan fingerprint density at radius 1 is 1.29 bits per heavy atom. The van der Waals surface area contributed by atoms with Crippen molar-refractivity contribution >= 4 is 22.7 Å². The lowest BCUT2D eigenvalue weighted by atomic mass is 10.1. The highest BCUT2D eigenvalue weighted by molar-refractivity contribution is 6.12. The zero-order valence-electron chi connectivity index (χ0n) is 12.8. The first-order valence-electron chi connectivity index (χ1n) is 7.56. The second-order valence-electron chi connectivity index (χ2n) is 5.90. The molecule has 1 aromatic carbocycles. The molecule has 1 saturated carbocycles. The molecule has 2 aromatic heterocycles. The predicted octanol–water partition coefficient (Wildman–Crippen LogP) is 3.94. The van der Waals surface area contributed by atoms with Crippen molar-refractivity contribution in [2.75, 3.05) is 5.32 Å². The van der Waals surface area contributed by atoms with E-state index in [-0.39, 0.29) is 5.69 Å². The van der Waals surface area contributed by atoms with Crippen LogP contribution in [0.25, 0.3) is 11.1 Å². The molecular weight excluding hydrogens is 316 g/mol. The van der Waals surface area contributed by atoms with Crippen molar-refractivity contribution in [3.8, 4) is 0 Å². The summed E-state index contributed by atoms with van der Waals surface area (Å²) in [6, 6.07) is 4.68.